The Morgan fingerprint density at radius 1 is 1.23 bits per heavy atom. The van der Waals surface area contributed by atoms with Crippen molar-refractivity contribution in [2.75, 3.05) is 0 Å². The van der Waals surface area contributed by atoms with Gasteiger partial charge in [-0.15, -0.1) is 0 Å². The molecule has 1 aromatic rings. The number of benzene rings is 1. The lowest BCUT2D eigenvalue weighted by Crippen LogP contribution is -1.88. The van der Waals surface area contributed by atoms with E-state index < -0.39 is 0 Å². The molecule has 0 unspecified atom stereocenters. The highest BCUT2D eigenvalue weighted by Gasteiger charge is 2.04. The predicted octanol–water partition coefficient (Wildman–Crippen LogP) is 4.68. The summed E-state index contributed by atoms with van der Waals surface area (Å²) in [6, 6.07) is 5.46. The van der Waals surface area contributed by atoms with Crippen molar-refractivity contribution in [2.45, 2.75) is 12.8 Å². The second-order valence-corrected chi connectivity index (χ2v) is 4.07. The molecule has 1 aromatic carbocycles. The van der Waals surface area contributed by atoms with Gasteiger partial charge >= 0.3 is 0 Å². The Balaban J connectivity index is 2.81. The third-order valence-electron chi connectivity index (χ3n) is 1.71. The van der Waals surface area contributed by atoms with Gasteiger partial charge in [0.15, 0.2) is 0 Å². The normalized spacial score (nSPS) is 10.1. The quantitative estimate of drug-likeness (QED) is 0.714. The van der Waals surface area contributed by atoms with Crippen molar-refractivity contribution < 1.29 is 0 Å². The summed E-state index contributed by atoms with van der Waals surface area (Å²) in [6.07, 6.45) is 1.44. The lowest BCUT2D eigenvalue weighted by atomic mass is 10.1. The summed E-state index contributed by atoms with van der Waals surface area (Å²) in [5.74, 6) is 0. The van der Waals surface area contributed by atoms with Crippen LogP contribution in [-0.2, 0) is 6.42 Å². The SMILES string of the molecule is C=C(Cl)CCc1c(Cl)cccc1Cl. The molecule has 3 heteroatoms. The van der Waals surface area contributed by atoms with Gasteiger partial charge in [0.25, 0.3) is 0 Å². The van der Waals surface area contributed by atoms with Crippen LogP contribution in [0.1, 0.15) is 12.0 Å². The van der Waals surface area contributed by atoms with E-state index >= 15 is 0 Å². The van der Waals surface area contributed by atoms with Crippen molar-refractivity contribution >= 4 is 34.8 Å². The molecule has 0 atom stereocenters. The Morgan fingerprint density at radius 3 is 2.23 bits per heavy atom. The fraction of sp³-hybridized carbons (Fsp3) is 0.200. The molecule has 0 bridgehead atoms. The van der Waals surface area contributed by atoms with Crippen molar-refractivity contribution in [3.63, 3.8) is 0 Å². The molecule has 0 amide bonds. The van der Waals surface area contributed by atoms with Crippen LogP contribution in [0.2, 0.25) is 10.0 Å². The van der Waals surface area contributed by atoms with E-state index in [2.05, 4.69) is 6.58 Å². The van der Waals surface area contributed by atoms with E-state index in [-0.39, 0.29) is 0 Å². The maximum Gasteiger partial charge on any atom is 0.0452 e. The van der Waals surface area contributed by atoms with Crippen molar-refractivity contribution in [1.29, 1.82) is 0 Å². The number of rotatable bonds is 3. The van der Waals surface area contributed by atoms with Crippen LogP contribution in [0.15, 0.2) is 29.8 Å². The average Bonchev–Trinajstić information content (AvgIpc) is 2.03. The Labute approximate surface area is 93.1 Å². The van der Waals surface area contributed by atoms with Gasteiger partial charge in [0.2, 0.25) is 0 Å². The summed E-state index contributed by atoms with van der Waals surface area (Å²) in [5.41, 5.74) is 0.938. The van der Waals surface area contributed by atoms with Crippen LogP contribution in [0.25, 0.3) is 0 Å². The van der Waals surface area contributed by atoms with E-state index in [4.69, 9.17) is 34.8 Å². The van der Waals surface area contributed by atoms with E-state index in [0.717, 1.165) is 12.0 Å². The minimum absolute atomic E-state index is 0.621. The molecule has 0 spiro atoms. The second-order valence-electron chi connectivity index (χ2n) is 2.72. The molecule has 0 aliphatic heterocycles. The maximum absolute atomic E-state index is 5.96. The molecule has 0 aliphatic carbocycles. The van der Waals surface area contributed by atoms with Gasteiger partial charge < -0.3 is 0 Å². The number of hydrogen-bond donors (Lipinski definition) is 0. The van der Waals surface area contributed by atoms with E-state index in [0.29, 0.717) is 21.5 Å². The molecule has 0 saturated carbocycles. The van der Waals surface area contributed by atoms with Crippen LogP contribution in [0.5, 0.6) is 0 Å². The third kappa shape index (κ3) is 3.22. The first-order valence-corrected chi connectivity index (χ1v) is 5.01. The Hall–Kier alpha value is -0.170. The topological polar surface area (TPSA) is 0 Å². The Morgan fingerprint density at radius 2 is 1.77 bits per heavy atom. The summed E-state index contributed by atoms with van der Waals surface area (Å²) in [5, 5.41) is 1.99. The van der Waals surface area contributed by atoms with Crippen molar-refractivity contribution in [2.24, 2.45) is 0 Å². The number of hydrogen-bond acceptors (Lipinski definition) is 0. The first-order valence-electron chi connectivity index (χ1n) is 3.87. The zero-order chi connectivity index (χ0) is 9.84. The number of halogens is 3. The van der Waals surface area contributed by atoms with Gasteiger partial charge in [0.05, 0.1) is 0 Å². The molecule has 0 fully saturated rings. The highest BCUT2D eigenvalue weighted by atomic mass is 35.5. The zero-order valence-electron chi connectivity index (χ0n) is 6.99. The first-order chi connectivity index (χ1) is 6.11. The fourth-order valence-corrected chi connectivity index (χ4v) is 1.71. The third-order valence-corrected chi connectivity index (χ3v) is 2.61. The molecule has 0 aliphatic rings. The molecule has 0 aromatic heterocycles. The first kappa shape index (κ1) is 10.9. The van der Waals surface area contributed by atoms with Crippen LogP contribution < -0.4 is 0 Å². The molecule has 0 heterocycles. The molecule has 0 saturated heterocycles. The highest BCUT2D eigenvalue weighted by molar-refractivity contribution is 6.36. The molecule has 70 valence electrons. The largest absolute Gasteiger partial charge is 0.0898 e. The summed E-state index contributed by atoms with van der Waals surface area (Å²) < 4.78 is 0. The van der Waals surface area contributed by atoms with Crippen LogP contribution in [-0.4, -0.2) is 0 Å². The van der Waals surface area contributed by atoms with Crippen LogP contribution >= 0.6 is 34.8 Å². The van der Waals surface area contributed by atoms with Gasteiger partial charge in [-0.1, -0.05) is 47.4 Å². The summed E-state index contributed by atoms with van der Waals surface area (Å²) in [4.78, 5) is 0. The molecule has 0 nitrogen and oxygen atoms in total. The minimum Gasteiger partial charge on any atom is -0.0898 e. The summed E-state index contributed by atoms with van der Waals surface area (Å²) in [7, 11) is 0. The van der Waals surface area contributed by atoms with Crippen molar-refractivity contribution in [3.8, 4) is 0 Å². The monoisotopic (exact) mass is 234 g/mol. The van der Waals surface area contributed by atoms with E-state index in [1.54, 1.807) is 0 Å². The van der Waals surface area contributed by atoms with Gasteiger partial charge in [0.1, 0.15) is 0 Å². The lowest BCUT2D eigenvalue weighted by Gasteiger charge is -2.05. The van der Waals surface area contributed by atoms with E-state index in [9.17, 15) is 0 Å². The van der Waals surface area contributed by atoms with Crippen molar-refractivity contribution in [3.05, 3.63) is 45.4 Å². The second kappa shape index (κ2) is 4.90. The Kier molecular flexibility index (Phi) is 4.11. The Bertz CT molecular complexity index is 298. The van der Waals surface area contributed by atoms with Gasteiger partial charge in [-0.05, 0) is 30.5 Å². The van der Waals surface area contributed by atoms with Gasteiger partial charge in [0, 0.05) is 15.1 Å². The minimum atomic E-state index is 0.621. The summed E-state index contributed by atoms with van der Waals surface area (Å²) >= 11 is 17.6. The predicted molar refractivity (Wildman–Crippen MR) is 59.8 cm³/mol. The molecular weight excluding hydrogens is 226 g/mol. The number of allylic oxidation sites excluding steroid dienone is 1. The zero-order valence-corrected chi connectivity index (χ0v) is 9.26. The molecule has 0 radical (unpaired) electrons. The van der Waals surface area contributed by atoms with Crippen LogP contribution in [0, 0.1) is 0 Å². The standard InChI is InChI=1S/C10H9Cl3/c1-7(11)5-6-8-9(12)3-2-4-10(8)13/h2-4H,1,5-6H2. The fourth-order valence-electron chi connectivity index (χ4n) is 1.03. The van der Waals surface area contributed by atoms with Crippen LogP contribution in [0.4, 0.5) is 0 Å². The lowest BCUT2D eigenvalue weighted by molar-refractivity contribution is 0.990. The highest BCUT2D eigenvalue weighted by Crippen LogP contribution is 2.26. The molecular formula is C10H9Cl3. The van der Waals surface area contributed by atoms with Gasteiger partial charge in [-0.2, -0.15) is 0 Å². The smallest absolute Gasteiger partial charge is 0.0452 e. The average molecular weight is 236 g/mol. The van der Waals surface area contributed by atoms with E-state index in [1.165, 1.54) is 0 Å². The maximum atomic E-state index is 5.96. The van der Waals surface area contributed by atoms with Gasteiger partial charge in [-0.25, -0.2) is 0 Å². The molecule has 1 rings (SSSR count). The molecule has 13 heavy (non-hydrogen) atoms. The summed E-state index contributed by atoms with van der Waals surface area (Å²) in [6.45, 7) is 3.61. The molecule has 0 N–H and O–H groups in total. The van der Waals surface area contributed by atoms with Gasteiger partial charge in [-0.3, -0.25) is 0 Å². The van der Waals surface area contributed by atoms with E-state index in [1.807, 2.05) is 18.2 Å². The van der Waals surface area contributed by atoms with Crippen molar-refractivity contribution in [1.82, 2.24) is 0 Å². The van der Waals surface area contributed by atoms with Crippen LogP contribution in [0.3, 0.4) is 0 Å².